The zero-order chi connectivity index (χ0) is 11.1. The molecule has 0 radical (unpaired) electrons. The maximum Gasteiger partial charge on any atom is 0.418 e. The van der Waals surface area contributed by atoms with Gasteiger partial charge in [0.15, 0.2) is 0 Å². The molecule has 14 heavy (non-hydrogen) atoms. The van der Waals surface area contributed by atoms with Crippen LogP contribution in [0.2, 0.25) is 0 Å². The molecule has 0 bridgehead atoms. The molecule has 1 heterocycles. The van der Waals surface area contributed by atoms with Crippen LogP contribution in [0.5, 0.6) is 0 Å². The van der Waals surface area contributed by atoms with Crippen LogP contribution in [-0.2, 0) is 13.2 Å². The lowest BCUT2D eigenvalue weighted by molar-refractivity contribution is -0.138. The summed E-state index contributed by atoms with van der Waals surface area (Å²) in [4.78, 5) is 0. The van der Waals surface area contributed by atoms with Gasteiger partial charge in [-0.3, -0.25) is 0 Å². The fourth-order valence-corrected chi connectivity index (χ4v) is 1.89. The molecule has 80 valence electrons. The van der Waals surface area contributed by atoms with Crippen LogP contribution in [0.4, 0.5) is 13.2 Å². The molecule has 0 saturated carbocycles. The summed E-state index contributed by atoms with van der Waals surface area (Å²) in [6, 6.07) is 0. The van der Waals surface area contributed by atoms with Crippen LogP contribution in [0.3, 0.4) is 0 Å². The Hall–Kier alpha value is -0.930. The first-order chi connectivity index (χ1) is 6.25. The number of aryl methyl sites for hydroxylation is 1. The van der Waals surface area contributed by atoms with Gasteiger partial charge in [0.2, 0.25) is 0 Å². The Kier molecular flexibility index (Phi) is 2.65. The maximum absolute atomic E-state index is 12.5. The summed E-state index contributed by atoms with van der Waals surface area (Å²) in [6.07, 6.45) is -3.08. The predicted molar refractivity (Wildman–Crippen MR) is 49.2 cm³/mol. The molecule has 1 rings (SSSR count). The number of hydrogen-bond acceptors (Lipinski definition) is 0. The molecule has 4 heteroatoms. The molecule has 0 N–H and O–H groups in total. The summed E-state index contributed by atoms with van der Waals surface area (Å²) in [7, 11) is 1.65. The zero-order valence-corrected chi connectivity index (χ0v) is 8.74. The molecule has 0 atom stereocenters. The lowest BCUT2D eigenvalue weighted by Gasteiger charge is -2.09. The van der Waals surface area contributed by atoms with Gasteiger partial charge in [0.1, 0.15) is 0 Å². The first-order valence-corrected chi connectivity index (χ1v) is 4.48. The molecule has 0 aliphatic heterocycles. The van der Waals surface area contributed by atoms with E-state index in [0.717, 1.165) is 11.9 Å². The van der Waals surface area contributed by atoms with E-state index in [1.807, 2.05) is 13.8 Å². The fourth-order valence-electron chi connectivity index (χ4n) is 1.89. The van der Waals surface area contributed by atoms with Crippen LogP contribution in [0.1, 0.15) is 36.6 Å². The number of halogens is 3. The van der Waals surface area contributed by atoms with Gasteiger partial charge in [0, 0.05) is 18.9 Å². The smallest absolute Gasteiger partial charge is 0.353 e. The second kappa shape index (κ2) is 3.33. The van der Waals surface area contributed by atoms with Gasteiger partial charge in [-0.25, -0.2) is 0 Å². The molecule has 0 aromatic carbocycles. The third-order valence-electron chi connectivity index (χ3n) is 2.34. The standard InChI is InChI=1S/C10H14F3N/c1-6(2)9-7(3)8(5-14(9)4)10(11,12)13/h5-6H,1-4H3. The molecule has 1 nitrogen and oxygen atoms in total. The van der Waals surface area contributed by atoms with Crippen molar-refractivity contribution in [2.75, 3.05) is 0 Å². The average Bonchev–Trinajstić information content (AvgIpc) is 2.24. The van der Waals surface area contributed by atoms with Gasteiger partial charge in [-0.15, -0.1) is 0 Å². The average molecular weight is 205 g/mol. The van der Waals surface area contributed by atoms with Gasteiger partial charge in [-0.05, 0) is 18.4 Å². The molecule has 0 spiro atoms. The second-order valence-electron chi connectivity index (χ2n) is 3.82. The first kappa shape index (κ1) is 11.1. The minimum Gasteiger partial charge on any atom is -0.353 e. The van der Waals surface area contributed by atoms with Crippen molar-refractivity contribution in [1.82, 2.24) is 4.57 Å². The highest BCUT2D eigenvalue weighted by Gasteiger charge is 2.35. The van der Waals surface area contributed by atoms with Gasteiger partial charge in [0.25, 0.3) is 0 Å². The number of nitrogens with zero attached hydrogens (tertiary/aromatic N) is 1. The van der Waals surface area contributed by atoms with Gasteiger partial charge in [-0.1, -0.05) is 13.8 Å². The van der Waals surface area contributed by atoms with E-state index in [0.29, 0.717) is 5.56 Å². The van der Waals surface area contributed by atoms with Gasteiger partial charge in [0.05, 0.1) is 5.56 Å². The van der Waals surface area contributed by atoms with Crippen LogP contribution >= 0.6 is 0 Å². The van der Waals surface area contributed by atoms with Gasteiger partial charge in [-0.2, -0.15) is 13.2 Å². The van der Waals surface area contributed by atoms with Crippen molar-refractivity contribution in [3.05, 3.63) is 23.0 Å². The zero-order valence-electron chi connectivity index (χ0n) is 8.74. The highest BCUT2D eigenvalue weighted by Crippen LogP contribution is 2.35. The van der Waals surface area contributed by atoms with E-state index in [2.05, 4.69) is 0 Å². The minimum atomic E-state index is -4.24. The highest BCUT2D eigenvalue weighted by atomic mass is 19.4. The lowest BCUT2D eigenvalue weighted by atomic mass is 10.0. The molecular formula is C10H14F3N. The van der Waals surface area contributed by atoms with Crippen molar-refractivity contribution in [3.8, 4) is 0 Å². The molecule has 0 unspecified atom stereocenters. The predicted octanol–water partition coefficient (Wildman–Crippen LogP) is 3.48. The molecule has 0 fully saturated rings. The van der Waals surface area contributed by atoms with Crippen LogP contribution in [0.15, 0.2) is 6.20 Å². The van der Waals surface area contributed by atoms with Crippen LogP contribution in [-0.4, -0.2) is 4.57 Å². The normalized spacial score (nSPS) is 12.6. The molecular weight excluding hydrogens is 191 g/mol. The number of rotatable bonds is 1. The molecule has 0 amide bonds. The maximum atomic E-state index is 12.5. The Morgan fingerprint density at radius 1 is 1.29 bits per heavy atom. The van der Waals surface area contributed by atoms with Crippen LogP contribution in [0, 0.1) is 6.92 Å². The van der Waals surface area contributed by atoms with E-state index in [4.69, 9.17) is 0 Å². The van der Waals surface area contributed by atoms with Crippen molar-refractivity contribution in [2.45, 2.75) is 32.9 Å². The largest absolute Gasteiger partial charge is 0.418 e. The quantitative estimate of drug-likeness (QED) is 0.661. The Balaban J connectivity index is 3.31. The lowest BCUT2D eigenvalue weighted by Crippen LogP contribution is -2.05. The number of aromatic nitrogens is 1. The molecule has 1 aromatic rings. The summed E-state index contributed by atoms with van der Waals surface area (Å²) in [6.45, 7) is 5.31. The SMILES string of the molecule is Cc1c(C(F)(F)F)cn(C)c1C(C)C. The second-order valence-corrected chi connectivity index (χ2v) is 3.82. The molecule has 1 aromatic heterocycles. The Labute approximate surface area is 81.5 Å². The van der Waals surface area contributed by atoms with E-state index in [-0.39, 0.29) is 5.92 Å². The molecule has 0 aliphatic rings. The summed E-state index contributed by atoms with van der Waals surface area (Å²) in [5.41, 5.74) is 0.566. The van der Waals surface area contributed by atoms with Crippen molar-refractivity contribution in [1.29, 1.82) is 0 Å². The van der Waals surface area contributed by atoms with Crippen molar-refractivity contribution < 1.29 is 13.2 Å². The molecule has 0 saturated heterocycles. The number of alkyl halides is 3. The summed E-state index contributed by atoms with van der Waals surface area (Å²) < 4.78 is 39.0. The third-order valence-corrected chi connectivity index (χ3v) is 2.34. The Morgan fingerprint density at radius 2 is 1.79 bits per heavy atom. The minimum absolute atomic E-state index is 0.107. The highest BCUT2D eigenvalue weighted by molar-refractivity contribution is 5.34. The molecule has 0 aliphatic carbocycles. The van der Waals surface area contributed by atoms with E-state index < -0.39 is 11.7 Å². The summed E-state index contributed by atoms with van der Waals surface area (Å²) >= 11 is 0. The summed E-state index contributed by atoms with van der Waals surface area (Å²) in [5, 5.41) is 0. The van der Waals surface area contributed by atoms with E-state index >= 15 is 0 Å². The van der Waals surface area contributed by atoms with Crippen LogP contribution in [0.25, 0.3) is 0 Å². The van der Waals surface area contributed by atoms with E-state index in [9.17, 15) is 13.2 Å². The van der Waals surface area contributed by atoms with Crippen molar-refractivity contribution in [2.24, 2.45) is 7.05 Å². The van der Waals surface area contributed by atoms with Crippen molar-refractivity contribution in [3.63, 3.8) is 0 Å². The monoisotopic (exact) mass is 205 g/mol. The van der Waals surface area contributed by atoms with Gasteiger partial charge < -0.3 is 4.57 Å². The van der Waals surface area contributed by atoms with E-state index in [1.165, 1.54) is 6.92 Å². The van der Waals surface area contributed by atoms with Crippen LogP contribution < -0.4 is 0 Å². The topological polar surface area (TPSA) is 4.93 Å². The first-order valence-electron chi connectivity index (χ1n) is 4.48. The summed E-state index contributed by atoms with van der Waals surface area (Å²) in [5.74, 6) is 0.107. The Morgan fingerprint density at radius 3 is 2.00 bits per heavy atom. The van der Waals surface area contributed by atoms with E-state index in [1.54, 1.807) is 11.6 Å². The van der Waals surface area contributed by atoms with Gasteiger partial charge >= 0.3 is 6.18 Å². The Bertz CT molecular complexity index is 334. The third kappa shape index (κ3) is 1.79. The fraction of sp³-hybridized carbons (Fsp3) is 0.600. The van der Waals surface area contributed by atoms with Crippen molar-refractivity contribution >= 4 is 0 Å². The number of hydrogen-bond donors (Lipinski definition) is 0.